The molecule has 0 aliphatic rings. The van der Waals surface area contributed by atoms with E-state index in [4.69, 9.17) is 0 Å². The molecule has 0 bridgehead atoms. The summed E-state index contributed by atoms with van der Waals surface area (Å²) in [4.78, 5) is 8.57. The Balaban J connectivity index is 2.54. The van der Waals surface area contributed by atoms with Crippen molar-refractivity contribution in [2.45, 2.75) is 6.92 Å². The predicted molar refractivity (Wildman–Crippen MR) is 60.7 cm³/mol. The minimum Gasteiger partial charge on any atom is -0.370 e. The first-order valence-corrected chi connectivity index (χ1v) is 5.03. The molecule has 0 unspecified atom stereocenters. The minimum absolute atomic E-state index is 1.04. The van der Waals surface area contributed by atoms with Crippen molar-refractivity contribution in [2.24, 2.45) is 0 Å². The molecule has 0 fully saturated rings. The number of anilines is 1. The van der Waals surface area contributed by atoms with E-state index in [1.54, 1.807) is 0 Å². The maximum atomic E-state index is 4.02. The van der Waals surface area contributed by atoms with Crippen LogP contribution in [0.1, 0.15) is 6.92 Å². The topological polar surface area (TPSA) is 19.4 Å². The minimum atomic E-state index is 1.04. The molecule has 78 valence electrons. The Hall–Kier alpha value is -1.09. The van der Waals surface area contributed by atoms with Crippen LogP contribution in [0.4, 0.5) is 5.69 Å². The lowest BCUT2D eigenvalue weighted by molar-refractivity contribution is 0.414. The van der Waals surface area contributed by atoms with Gasteiger partial charge in [0, 0.05) is 37.7 Å². The van der Waals surface area contributed by atoms with Gasteiger partial charge in [0.2, 0.25) is 0 Å². The summed E-state index contributed by atoms with van der Waals surface area (Å²) in [6, 6.07) is 4.11. The summed E-state index contributed by atoms with van der Waals surface area (Å²) in [6.07, 6.45) is 3.68. The van der Waals surface area contributed by atoms with Crippen molar-refractivity contribution in [3.05, 3.63) is 24.5 Å². The zero-order valence-electron chi connectivity index (χ0n) is 9.27. The summed E-state index contributed by atoms with van der Waals surface area (Å²) < 4.78 is 0. The second-order valence-corrected chi connectivity index (χ2v) is 3.59. The van der Waals surface area contributed by atoms with Crippen molar-refractivity contribution >= 4 is 5.69 Å². The molecular formula is C11H19N3. The van der Waals surface area contributed by atoms with E-state index >= 15 is 0 Å². The molecule has 0 N–H and O–H groups in total. The standard InChI is InChI=1S/C11H19N3/c1-4-14(10-9-13(2)3)11-5-7-12-8-6-11/h5-8H,4,9-10H2,1-3H3. The van der Waals surface area contributed by atoms with E-state index in [1.165, 1.54) is 5.69 Å². The lowest BCUT2D eigenvalue weighted by atomic mass is 10.3. The van der Waals surface area contributed by atoms with E-state index < -0.39 is 0 Å². The summed E-state index contributed by atoms with van der Waals surface area (Å²) >= 11 is 0. The van der Waals surface area contributed by atoms with Crippen LogP contribution in [0.5, 0.6) is 0 Å². The molecule has 3 heteroatoms. The Morgan fingerprint density at radius 2 is 1.79 bits per heavy atom. The second kappa shape index (κ2) is 5.60. The van der Waals surface area contributed by atoms with Crippen molar-refractivity contribution < 1.29 is 0 Å². The zero-order valence-corrected chi connectivity index (χ0v) is 9.27. The van der Waals surface area contributed by atoms with Crippen LogP contribution in [0.25, 0.3) is 0 Å². The zero-order chi connectivity index (χ0) is 10.4. The van der Waals surface area contributed by atoms with Gasteiger partial charge in [-0.15, -0.1) is 0 Å². The van der Waals surface area contributed by atoms with Crippen LogP contribution in [0.3, 0.4) is 0 Å². The van der Waals surface area contributed by atoms with E-state index in [0.29, 0.717) is 0 Å². The van der Waals surface area contributed by atoms with Crippen molar-refractivity contribution in [1.82, 2.24) is 9.88 Å². The number of rotatable bonds is 5. The fraction of sp³-hybridized carbons (Fsp3) is 0.545. The predicted octanol–water partition coefficient (Wildman–Crippen LogP) is 1.47. The van der Waals surface area contributed by atoms with Crippen LogP contribution in [0.15, 0.2) is 24.5 Å². The molecule has 0 spiro atoms. The highest BCUT2D eigenvalue weighted by Crippen LogP contribution is 2.10. The van der Waals surface area contributed by atoms with Gasteiger partial charge in [-0.3, -0.25) is 4.98 Å². The number of pyridine rings is 1. The second-order valence-electron chi connectivity index (χ2n) is 3.59. The summed E-state index contributed by atoms with van der Waals surface area (Å²) in [5, 5.41) is 0. The normalized spacial score (nSPS) is 10.6. The molecule has 0 atom stereocenters. The van der Waals surface area contributed by atoms with Crippen LogP contribution < -0.4 is 4.90 Å². The van der Waals surface area contributed by atoms with Gasteiger partial charge in [0.15, 0.2) is 0 Å². The van der Waals surface area contributed by atoms with E-state index in [-0.39, 0.29) is 0 Å². The Kier molecular flexibility index (Phi) is 4.40. The maximum Gasteiger partial charge on any atom is 0.0397 e. The molecule has 1 aromatic rings. The van der Waals surface area contributed by atoms with E-state index in [0.717, 1.165) is 19.6 Å². The fourth-order valence-electron chi connectivity index (χ4n) is 1.35. The van der Waals surface area contributed by atoms with Crippen molar-refractivity contribution in [1.29, 1.82) is 0 Å². The summed E-state index contributed by atoms with van der Waals surface area (Å²) in [5.41, 5.74) is 1.25. The third kappa shape index (κ3) is 3.34. The van der Waals surface area contributed by atoms with Gasteiger partial charge in [-0.25, -0.2) is 0 Å². The van der Waals surface area contributed by atoms with Crippen LogP contribution in [0, 0.1) is 0 Å². The van der Waals surface area contributed by atoms with Gasteiger partial charge in [0.1, 0.15) is 0 Å². The molecule has 0 saturated carbocycles. The van der Waals surface area contributed by atoms with Gasteiger partial charge in [-0.2, -0.15) is 0 Å². The van der Waals surface area contributed by atoms with E-state index in [9.17, 15) is 0 Å². The van der Waals surface area contributed by atoms with Gasteiger partial charge < -0.3 is 9.80 Å². The van der Waals surface area contributed by atoms with Crippen molar-refractivity contribution in [3.8, 4) is 0 Å². The molecule has 0 saturated heterocycles. The number of hydrogen-bond donors (Lipinski definition) is 0. The lowest BCUT2D eigenvalue weighted by Gasteiger charge is -2.24. The molecule has 0 radical (unpaired) electrons. The average Bonchev–Trinajstić information content (AvgIpc) is 2.20. The SMILES string of the molecule is CCN(CCN(C)C)c1ccncc1. The third-order valence-corrected chi connectivity index (χ3v) is 2.23. The third-order valence-electron chi connectivity index (χ3n) is 2.23. The molecule has 0 aliphatic heterocycles. The van der Waals surface area contributed by atoms with Gasteiger partial charge in [-0.05, 0) is 33.2 Å². The quantitative estimate of drug-likeness (QED) is 0.706. The molecular weight excluding hydrogens is 174 g/mol. The fourth-order valence-corrected chi connectivity index (χ4v) is 1.35. The molecule has 0 aromatic carbocycles. The number of nitrogens with zero attached hydrogens (tertiary/aromatic N) is 3. The first-order chi connectivity index (χ1) is 6.74. The summed E-state index contributed by atoms with van der Waals surface area (Å²) in [5.74, 6) is 0. The van der Waals surface area contributed by atoms with E-state index in [2.05, 4.69) is 47.9 Å². The van der Waals surface area contributed by atoms with Crippen molar-refractivity contribution in [2.75, 3.05) is 38.6 Å². The highest BCUT2D eigenvalue weighted by atomic mass is 15.2. The number of hydrogen-bond acceptors (Lipinski definition) is 3. The van der Waals surface area contributed by atoms with Crippen molar-refractivity contribution in [3.63, 3.8) is 0 Å². The Bertz CT molecular complexity index is 246. The highest BCUT2D eigenvalue weighted by molar-refractivity contribution is 5.44. The maximum absolute atomic E-state index is 4.02. The molecule has 14 heavy (non-hydrogen) atoms. The Labute approximate surface area is 86.4 Å². The van der Waals surface area contributed by atoms with Gasteiger partial charge in [-0.1, -0.05) is 0 Å². The largest absolute Gasteiger partial charge is 0.370 e. The average molecular weight is 193 g/mol. The van der Waals surface area contributed by atoms with Crippen LogP contribution in [0.2, 0.25) is 0 Å². The highest BCUT2D eigenvalue weighted by Gasteiger charge is 2.03. The van der Waals surface area contributed by atoms with E-state index in [1.807, 2.05) is 12.4 Å². The van der Waals surface area contributed by atoms with Crippen LogP contribution in [-0.2, 0) is 0 Å². The molecule has 1 rings (SSSR count). The molecule has 3 nitrogen and oxygen atoms in total. The smallest absolute Gasteiger partial charge is 0.0397 e. The number of aromatic nitrogens is 1. The monoisotopic (exact) mass is 193 g/mol. The number of likely N-dealkylation sites (N-methyl/N-ethyl adjacent to an activating group) is 2. The van der Waals surface area contributed by atoms with Crippen LogP contribution >= 0.6 is 0 Å². The molecule has 1 heterocycles. The Morgan fingerprint density at radius 1 is 1.14 bits per heavy atom. The first-order valence-electron chi connectivity index (χ1n) is 5.03. The molecule has 0 amide bonds. The summed E-state index contributed by atoms with van der Waals surface area (Å²) in [6.45, 7) is 5.36. The van der Waals surface area contributed by atoms with Crippen LogP contribution in [-0.4, -0.2) is 43.6 Å². The lowest BCUT2D eigenvalue weighted by Crippen LogP contribution is -2.31. The van der Waals surface area contributed by atoms with Gasteiger partial charge >= 0.3 is 0 Å². The molecule has 0 aliphatic carbocycles. The summed E-state index contributed by atoms with van der Waals surface area (Å²) in [7, 11) is 4.20. The van der Waals surface area contributed by atoms with Gasteiger partial charge in [0.25, 0.3) is 0 Å². The molecule has 1 aromatic heterocycles. The van der Waals surface area contributed by atoms with Gasteiger partial charge in [0.05, 0.1) is 0 Å². The Morgan fingerprint density at radius 3 is 2.29 bits per heavy atom. The first kappa shape index (κ1) is 11.0.